The van der Waals surface area contributed by atoms with Crippen LogP contribution >= 0.6 is 11.6 Å². The Morgan fingerprint density at radius 3 is 2.96 bits per heavy atom. The molecule has 1 aliphatic heterocycles. The van der Waals surface area contributed by atoms with Crippen molar-refractivity contribution in [3.8, 4) is 0 Å². The molecule has 3 N–H and O–H groups in total. The lowest BCUT2D eigenvalue weighted by atomic mass is 10.1. The summed E-state index contributed by atoms with van der Waals surface area (Å²) >= 11 is 6.11. The zero-order valence-corrected chi connectivity index (χ0v) is 16.8. The van der Waals surface area contributed by atoms with Gasteiger partial charge >= 0.3 is 6.03 Å². The number of aromatic nitrogens is 2. The van der Waals surface area contributed by atoms with Gasteiger partial charge in [-0.15, -0.1) is 5.10 Å². The summed E-state index contributed by atoms with van der Waals surface area (Å²) in [5.74, 6) is 1.10. The molecule has 1 saturated carbocycles. The van der Waals surface area contributed by atoms with Gasteiger partial charge in [0.25, 0.3) is 0 Å². The summed E-state index contributed by atoms with van der Waals surface area (Å²) in [4.78, 5) is 14.8. The predicted molar refractivity (Wildman–Crippen MR) is 110 cm³/mol. The van der Waals surface area contributed by atoms with Crippen LogP contribution in [0.3, 0.4) is 0 Å². The minimum absolute atomic E-state index is 0.0614. The third-order valence-electron chi connectivity index (χ3n) is 5.52. The van der Waals surface area contributed by atoms with Crippen molar-refractivity contribution in [2.24, 2.45) is 0 Å². The van der Waals surface area contributed by atoms with Crippen LogP contribution in [-0.2, 0) is 0 Å². The topological polar surface area (TPSA) is 87.2 Å². The lowest BCUT2D eigenvalue weighted by Gasteiger charge is -2.14. The van der Waals surface area contributed by atoms with Crippen LogP contribution in [0.4, 0.5) is 16.3 Å². The van der Waals surface area contributed by atoms with Gasteiger partial charge in [0.2, 0.25) is 0 Å². The van der Waals surface area contributed by atoms with Crippen LogP contribution in [0, 0.1) is 6.92 Å². The highest BCUT2D eigenvalue weighted by Gasteiger charge is 2.44. The Hall–Kier alpha value is -2.67. The lowest BCUT2D eigenvalue weighted by Crippen LogP contribution is -2.37. The van der Waals surface area contributed by atoms with E-state index in [9.17, 15) is 4.79 Å². The molecule has 2 heterocycles. The summed E-state index contributed by atoms with van der Waals surface area (Å²) in [7, 11) is 1.82. The summed E-state index contributed by atoms with van der Waals surface area (Å²) in [6.07, 6.45) is 3.30. The van der Waals surface area contributed by atoms with Gasteiger partial charge in [-0.05, 0) is 30.5 Å². The number of nitrogens with one attached hydrogen (secondary N) is 1. The number of aryl methyl sites for hydroxylation is 1. The molecule has 1 aliphatic carbocycles. The first-order chi connectivity index (χ1) is 13.4. The van der Waals surface area contributed by atoms with Crippen LogP contribution in [0.15, 0.2) is 30.5 Å². The molecular formula is C20H24ClN6O+. The molecule has 0 spiro atoms. The van der Waals surface area contributed by atoms with E-state index in [0.717, 1.165) is 41.5 Å². The fourth-order valence-corrected chi connectivity index (χ4v) is 3.77. The molecular weight excluding hydrogens is 376 g/mol. The van der Waals surface area contributed by atoms with Crippen molar-refractivity contribution in [2.75, 3.05) is 30.8 Å². The SMILES string of the molecule is Cc1cc([C@@H]2C[C@H]2NC(=O)/[N+](C)=C2\CCN(c3cc(N)cnn3)C2)ccc1Cl. The average molecular weight is 400 g/mol. The van der Waals surface area contributed by atoms with Gasteiger partial charge in [0.15, 0.2) is 5.82 Å². The molecule has 2 atom stereocenters. The molecule has 1 aromatic carbocycles. The Morgan fingerprint density at radius 1 is 1.39 bits per heavy atom. The molecule has 2 aliphatic rings. The molecule has 146 valence electrons. The van der Waals surface area contributed by atoms with E-state index in [4.69, 9.17) is 17.3 Å². The quantitative estimate of drug-likeness (QED) is 0.774. The number of carbonyl (C=O) groups excluding carboxylic acids is 1. The maximum absolute atomic E-state index is 12.7. The highest BCUT2D eigenvalue weighted by Crippen LogP contribution is 2.41. The zero-order valence-electron chi connectivity index (χ0n) is 16.0. The van der Waals surface area contributed by atoms with E-state index in [1.165, 1.54) is 11.8 Å². The Labute approximate surface area is 169 Å². The molecule has 8 heteroatoms. The molecule has 2 fully saturated rings. The van der Waals surface area contributed by atoms with E-state index in [2.05, 4.69) is 26.5 Å². The normalized spacial score (nSPS) is 22.9. The fraction of sp³-hybridized carbons (Fsp3) is 0.400. The van der Waals surface area contributed by atoms with E-state index >= 15 is 0 Å². The summed E-state index contributed by atoms with van der Waals surface area (Å²) in [5.41, 5.74) is 9.73. The van der Waals surface area contributed by atoms with Crippen molar-refractivity contribution >= 4 is 34.8 Å². The molecule has 2 amide bonds. The number of rotatable bonds is 3. The smallest absolute Gasteiger partial charge is 0.397 e. The van der Waals surface area contributed by atoms with E-state index in [0.29, 0.717) is 18.2 Å². The highest BCUT2D eigenvalue weighted by molar-refractivity contribution is 6.31. The standard InChI is InChI=1S/C20H23ClN6O/c1-12-7-13(3-4-17(12)21)16-9-18(16)24-20(28)26(2)15-5-6-27(11-15)19-8-14(22)10-23-25-19/h3-4,7-8,10,16,18H,5-6,9,11H2,1-2H3,(H2-,22,24,25,28)/p+1/b26-15+/t16-,18+/m0/s1. The van der Waals surface area contributed by atoms with Gasteiger partial charge in [0.05, 0.1) is 25.5 Å². The van der Waals surface area contributed by atoms with Crippen molar-refractivity contribution in [1.82, 2.24) is 15.5 Å². The zero-order chi connectivity index (χ0) is 19.8. The molecule has 0 radical (unpaired) electrons. The van der Waals surface area contributed by atoms with Crippen LogP contribution in [0.2, 0.25) is 5.02 Å². The Balaban J connectivity index is 1.38. The first-order valence-electron chi connectivity index (χ1n) is 9.40. The van der Waals surface area contributed by atoms with Gasteiger partial charge < -0.3 is 10.6 Å². The number of amides is 2. The number of nitrogens with zero attached hydrogens (tertiary/aromatic N) is 4. The van der Waals surface area contributed by atoms with Crippen molar-refractivity contribution < 1.29 is 9.37 Å². The Bertz CT molecular complexity index is 959. The van der Waals surface area contributed by atoms with Crippen LogP contribution < -0.4 is 16.0 Å². The second-order valence-corrected chi connectivity index (χ2v) is 7.96. The first-order valence-corrected chi connectivity index (χ1v) is 9.78. The number of nitrogen functional groups attached to an aromatic ring is 1. The average Bonchev–Trinajstić information content (AvgIpc) is 3.25. The number of hydrogen-bond donors (Lipinski definition) is 2. The van der Waals surface area contributed by atoms with E-state index in [-0.39, 0.29) is 12.1 Å². The number of benzene rings is 1. The molecule has 1 saturated heterocycles. The lowest BCUT2D eigenvalue weighted by molar-refractivity contribution is -0.395. The summed E-state index contributed by atoms with van der Waals surface area (Å²) < 4.78 is 1.72. The number of urea groups is 1. The summed E-state index contributed by atoms with van der Waals surface area (Å²) in [6.45, 7) is 3.44. The van der Waals surface area contributed by atoms with E-state index < -0.39 is 0 Å². The van der Waals surface area contributed by atoms with Crippen molar-refractivity contribution in [3.63, 3.8) is 0 Å². The molecule has 2 aromatic rings. The predicted octanol–water partition coefficient (Wildman–Crippen LogP) is 2.58. The number of carbonyl (C=O) groups is 1. The number of anilines is 2. The second kappa shape index (κ2) is 7.39. The molecule has 28 heavy (non-hydrogen) atoms. The third kappa shape index (κ3) is 3.80. The molecule has 7 nitrogen and oxygen atoms in total. The van der Waals surface area contributed by atoms with Crippen LogP contribution in [0.25, 0.3) is 0 Å². The van der Waals surface area contributed by atoms with E-state index in [1.54, 1.807) is 10.6 Å². The Morgan fingerprint density at radius 2 is 2.21 bits per heavy atom. The van der Waals surface area contributed by atoms with Gasteiger partial charge in [0.1, 0.15) is 11.8 Å². The minimum Gasteiger partial charge on any atom is -0.397 e. The Kier molecular flexibility index (Phi) is 4.93. The molecule has 1 aromatic heterocycles. The van der Waals surface area contributed by atoms with E-state index in [1.807, 2.05) is 26.1 Å². The summed E-state index contributed by atoms with van der Waals surface area (Å²) in [6, 6.07) is 8.00. The van der Waals surface area contributed by atoms with Crippen molar-refractivity contribution in [1.29, 1.82) is 0 Å². The van der Waals surface area contributed by atoms with Gasteiger partial charge in [-0.1, -0.05) is 23.7 Å². The van der Waals surface area contributed by atoms with Crippen molar-refractivity contribution in [3.05, 3.63) is 46.6 Å². The molecule has 4 rings (SSSR count). The number of nitrogens with two attached hydrogens (primary N) is 1. The fourth-order valence-electron chi connectivity index (χ4n) is 3.66. The van der Waals surface area contributed by atoms with Gasteiger partial charge in [0, 0.05) is 30.0 Å². The van der Waals surface area contributed by atoms with Crippen LogP contribution in [0.1, 0.15) is 29.9 Å². The molecule has 0 bridgehead atoms. The second-order valence-electron chi connectivity index (χ2n) is 7.55. The maximum Gasteiger partial charge on any atom is 0.491 e. The minimum atomic E-state index is -0.0614. The van der Waals surface area contributed by atoms with Gasteiger partial charge in [-0.2, -0.15) is 9.89 Å². The van der Waals surface area contributed by atoms with Crippen LogP contribution in [-0.4, -0.2) is 52.7 Å². The largest absolute Gasteiger partial charge is 0.491 e. The third-order valence-corrected chi connectivity index (χ3v) is 5.94. The monoisotopic (exact) mass is 399 g/mol. The van der Waals surface area contributed by atoms with Crippen molar-refractivity contribution in [2.45, 2.75) is 31.7 Å². The van der Waals surface area contributed by atoms with Gasteiger partial charge in [-0.25, -0.2) is 9.89 Å². The molecule has 0 unspecified atom stereocenters. The summed E-state index contributed by atoms with van der Waals surface area (Å²) in [5, 5.41) is 12.0. The first kappa shape index (κ1) is 18.7. The van der Waals surface area contributed by atoms with Crippen LogP contribution in [0.5, 0.6) is 0 Å². The maximum atomic E-state index is 12.7. The number of hydrogen-bond acceptors (Lipinski definition) is 5. The van der Waals surface area contributed by atoms with Gasteiger partial charge in [-0.3, -0.25) is 0 Å². The highest BCUT2D eigenvalue weighted by atomic mass is 35.5. The number of halogens is 1.